The van der Waals surface area contributed by atoms with Gasteiger partial charge in [0.05, 0.1) is 31.0 Å². The number of nitrogens with zero attached hydrogens (tertiary/aromatic N) is 4. The van der Waals surface area contributed by atoms with Crippen molar-refractivity contribution in [2.75, 3.05) is 37.7 Å². The van der Waals surface area contributed by atoms with Crippen LogP contribution in [0.15, 0.2) is 60.8 Å². The zero-order valence-electron chi connectivity index (χ0n) is 20.0. The lowest BCUT2D eigenvalue weighted by Crippen LogP contribution is -2.37. The highest BCUT2D eigenvalue weighted by Crippen LogP contribution is 2.43. The van der Waals surface area contributed by atoms with E-state index < -0.39 is 0 Å². The van der Waals surface area contributed by atoms with Crippen molar-refractivity contribution in [1.29, 1.82) is 0 Å². The molecular weight excluding hydrogens is 442 g/mol. The van der Waals surface area contributed by atoms with Crippen LogP contribution < -0.4 is 10.2 Å². The lowest BCUT2D eigenvalue weighted by Gasteiger charge is -2.28. The lowest BCUT2D eigenvalue weighted by atomic mass is 9.96. The maximum Gasteiger partial charge on any atom is 0.174 e. The van der Waals surface area contributed by atoms with Crippen LogP contribution in [0.2, 0.25) is 0 Å². The number of thiocarbonyl (C=S) groups is 1. The number of rotatable bonds is 7. The van der Waals surface area contributed by atoms with Gasteiger partial charge in [0, 0.05) is 49.5 Å². The molecule has 2 saturated heterocycles. The predicted octanol–water partition coefficient (Wildman–Crippen LogP) is 4.40. The van der Waals surface area contributed by atoms with Gasteiger partial charge in [-0.1, -0.05) is 24.3 Å². The van der Waals surface area contributed by atoms with Gasteiger partial charge in [0.25, 0.3) is 0 Å². The van der Waals surface area contributed by atoms with Gasteiger partial charge in [-0.3, -0.25) is 9.88 Å². The van der Waals surface area contributed by atoms with Gasteiger partial charge in [0.1, 0.15) is 0 Å². The third-order valence-electron chi connectivity index (χ3n) is 7.02. The normalized spacial score (nSPS) is 21.1. The van der Waals surface area contributed by atoms with Crippen molar-refractivity contribution in [3.05, 3.63) is 83.4 Å². The van der Waals surface area contributed by atoms with Crippen molar-refractivity contribution in [3.63, 3.8) is 0 Å². The fourth-order valence-corrected chi connectivity index (χ4v) is 5.63. The van der Waals surface area contributed by atoms with E-state index in [9.17, 15) is 0 Å². The maximum atomic E-state index is 5.87. The van der Waals surface area contributed by atoms with E-state index in [0.717, 1.165) is 62.3 Å². The largest absolute Gasteiger partial charge is 0.379 e. The van der Waals surface area contributed by atoms with E-state index in [1.165, 1.54) is 17.0 Å². The molecule has 0 unspecified atom stereocenters. The Morgan fingerprint density at radius 1 is 1.03 bits per heavy atom. The van der Waals surface area contributed by atoms with E-state index in [1.807, 2.05) is 24.4 Å². The van der Waals surface area contributed by atoms with Gasteiger partial charge in [-0.2, -0.15) is 0 Å². The third kappa shape index (κ3) is 4.60. The Morgan fingerprint density at radius 3 is 2.53 bits per heavy atom. The topological polar surface area (TPSA) is 45.6 Å². The Kier molecular flexibility index (Phi) is 6.94. The van der Waals surface area contributed by atoms with Gasteiger partial charge >= 0.3 is 0 Å². The smallest absolute Gasteiger partial charge is 0.174 e. The van der Waals surface area contributed by atoms with Gasteiger partial charge in [0.2, 0.25) is 0 Å². The van der Waals surface area contributed by atoms with Gasteiger partial charge in [-0.15, -0.1) is 0 Å². The number of nitrogens with one attached hydrogen (secondary N) is 1. The summed E-state index contributed by atoms with van der Waals surface area (Å²) in [6.07, 6.45) is 2.99. The summed E-state index contributed by atoms with van der Waals surface area (Å²) in [5.74, 6) is 0. The minimum Gasteiger partial charge on any atom is -0.379 e. The summed E-state index contributed by atoms with van der Waals surface area (Å²) in [6, 6.07) is 18.9. The standard InChI is InChI=1S/C27H33N5OS/c1-20-19-23(21(2)31(20)14-8-13-30-15-17-33-18-16-30)26-25(24-11-6-7-12-28-24)29-27(34)32(26)22-9-4-3-5-10-22/h3-7,9-12,19,25-26H,8,13-18H2,1-2H3,(H,29,34)/t25-,26-/m0/s1. The molecule has 6 nitrogen and oxygen atoms in total. The van der Waals surface area contributed by atoms with E-state index in [1.54, 1.807) is 0 Å². The van der Waals surface area contributed by atoms with Crippen molar-refractivity contribution >= 4 is 23.0 Å². The zero-order chi connectivity index (χ0) is 23.5. The van der Waals surface area contributed by atoms with Gasteiger partial charge < -0.3 is 19.5 Å². The molecule has 0 bridgehead atoms. The molecule has 3 aromatic rings. The second kappa shape index (κ2) is 10.3. The molecule has 0 spiro atoms. The van der Waals surface area contributed by atoms with E-state index in [0.29, 0.717) is 0 Å². The number of hydrogen-bond acceptors (Lipinski definition) is 4. The van der Waals surface area contributed by atoms with Crippen molar-refractivity contribution < 1.29 is 4.74 Å². The average molecular weight is 476 g/mol. The molecule has 2 aliphatic heterocycles. The van der Waals surface area contributed by atoms with Gasteiger partial charge in [-0.25, -0.2) is 0 Å². The van der Waals surface area contributed by atoms with Crippen LogP contribution in [-0.2, 0) is 11.3 Å². The number of para-hydroxylation sites is 1. The monoisotopic (exact) mass is 475 g/mol. The molecule has 178 valence electrons. The Morgan fingerprint density at radius 2 is 1.79 bits per heavy atom. The molecule has 0 aliphatic carbocycles. The quantitative estimate of drug-likeness (QED) is 0.511. The molecule has 4 heterocycles. The first kappa shape index (κ1) is 23.0. The fraction of sp³-hybridized carbons (Fsp3) is 0.407. The van der Waals surface area contributed by atoms with Crippen LogP contribution in [0.25, 0.3) is 0 Å². The first-order valence-corrected chi connectivity index (χ1v) is 12.6. The molecule has 1 N–H and O–H groups in total. The van der Waals surface area contributed by atoms with Crippen LogP contribution in [0, 0.1) is 13.8 Å². The molecule has 34 heavy (non-hydrogen) atoms. The van der Waals surface area contributed by atoms with Crippen LogP contribution in [0.3, 0.4) is 0 Å². The fourth-order valence-electron chi connectivity index (χ4n) is 5.29. The summed E-state index contributed by atoms with van der Waals surface area (Å²) in [6.45, 7) is 10.4. The number of hydrogen-bond donors (Lipinski definition) is 1. The molecule has 2 aromatic heterocycles. The molecule has 2 aliphatic rings. The Balaban J connectivity index is 1.45. The average Bonchev–Trinajstić information content (AvgIpc) is 3.36. The molecule has 5 rings (SSSR count). The van der Waals surface area contributed by atoms with Crippen LogP contribution in [0.4, 0.5) is 5.69 Å². The van der Waals surface area contributed by atoms with E-state index >= 15 is 0 Å². The van der Waals surface area contributed by atoms with E-state index in [4.69, 9.17) is 17.0 Å². The highest BCUT2D eigenvalue weighted by atomic mass is 32.1. The number of aryl methyl sites for hydroxylation is 1. The second-order valence-electron chi connectivity index (χ2n) is 9.12. The van der Waals surface area contributed by atoms with Crippen molar-refractivity contribution in [2.24, 2.45) is 0 Å². The van der Waals surface area contributed by atoms with Crippen LogP contribution in [0.5, 0.6) is 0 Å². The number of pyridine rings is 1. The van der Waals surface area contributed by atoms with E-state index in [2.05, 4.69) is 74.9 Å². The summed E-state index contributed by atoms with van der Waals surface area (Å²) in [5.41, 5.74) is 6.00. The minimum atomic E-state index is -0.0174. The number of morpholine rings is 1. The molecule has 0 radical (unpaired) electrons. The molecule has 0 amide bonds. The van der Waals surface area contributed by atoms with Crippen LogP contribution >= 0.6 is 12.2 Å². The highest BCUT2D eigenvalue weighted by Gasteiger charge is 2.42. The first-order chi connectivity index (χ1) is 16.6. The SMILES string of the molecule is Cc1cc([C@H]2[C@H](c3ccccn3)NC(=S)N2c2ccccc2)c(C)n1CCCN1CCOCC1. The number of benzene rings is 1. The Hall–Kier alpha value is -2.74. The molecular formula is C27H33N5OS. The van der Waals surface area contributed by atoms with Crippen LogP contribution in [-0.4, -0.2) is 52.4 Å². The zero-order valence-corrected chi connectivity index (χ0v) is 20.8. The summed E-state index contributed by atoms with van der Waals surface area (Å²) in [7, 11) is 0. The highest BCUT2D eigenvalue weighted by molar-refractivity contribution is 7.80. The van der Waals surface area contributed by atoms with Crippen molar-refractivity contribution in [2.45, 2.75) is 38.9 Å². The lowest BCUT2D eigenvalue weighted by molar-refractivity contribution is 0.0369. The summed E-state index contributed by atoms with van der Waals surface area (Å²) < 4.78 is 7.96. The van der Waals surface area contributed by atoms with Crippen LogP contribution in [0.1, 0.15) is 41.1 Å². The first-order valence-electron chi connectivity index (χ1n) is 12.2. The summed E-state index contributed by atoms with van der Waals surface area (Å²) in [4.78, 5) is 9.45. The summed E-state index contributed by atoms with van der Waals surface area (Å²) >= 11 is 5.87. The Bertz CT molecular complexity index is 1110. The molecule has 0 saturated carbocycles. The number of ether oxygens (including phenoxy) is 1. The van der Waals surface area contributed by atoms with Gasteiger partial charge in [0.15, 0.2) is 5.11 Å². The van der Waals surface area contributed by atoms with Gasteiger partial charge in [-0.05, 0) is 68.4 Å². The molecule has 1 aromatic carbocycles. The maximum absolute atomic E-state index is 5.87. The van der Waals surface area contributed by atoms with E-state index in [-0.39, 0.29) is 12.1 Å². The summed E-state index contributed by atoms with van der Waals surface area (Å²) in [5, 5.41) is 4.32. The van der Waals surface area contributed by atoms with Crippen molar-refractivity contribution in [3.8, 4) is 0 Å². The predicted molar refractivity (Wildman–Crippen MR) is 140 cm³/mol. The molecule has 2 fully saturated rings. The number of anilines is 1. The second-order valence-corrected chi connectivity index (χ2v) is 9.50. The number of aromatic nitrogens is 2. The minimum absolute atomic E-state index is 0.0174. The third-order valence-corrected chi connectivity index (χ3v) is 7.34. The molecule has 7 heteroatoms. The van der Waals surface area contributed by atoms with Crippen molar-refractivity contribution in [1.82, 2.24) is 19.8 Å². The Labute approximate surface area is 207 Å². The molecule has 2 atom stereocenters.